The average Bonchev–Trinajstić information content (AvgIpc) is 3.12. The van der Waals surface area contributed by atoms with Crippen LogP contribution in [0.25, 0.3) is 22.1 Å². The van der Waals surface area contributed by atoms with Gasteiger partial charge in [0.1, 0.15) is 23.5 Å². The van der Waals surface area contributed by atoms with Crippen molar-refractivity contribution in [1.82, 2.24) is 0 Å². The van der Waals surface area contributed by atoms with Crippen molar-refractivity contribution in [2.75, 3.05) is 0 Å². The molecule has 3 unspecified atom stereocenters. The Balaban J connectivity index is 1.58. The minimum atomic E-state index is -0.412. The summed E-state index contributed by atoms with van der Waals surface area (Å²) < 4.78 is 17.2. The number of esters is 1. The molecule has 1 fully saturated rings. The number of rotatable bonds is 6. The van der Waals surface area contributed by atoms with Crippen LogP contribution in [0.5, 0.6) is 5.75 Å². The van der Waals surface area contributed by atoms with Crippen molar-refractivity contribution in [1.29, 1.82) is 0 Å². The van der Waals surface area contributed by atoms with Gasteiger partial charge in [-0.3, -0.25) is 0 Å². The SMILES string of the molecule is C=CC(=O)OC1CCC(Oc2ccc3cc(-c4ccccc4CC)c(=O)oc3c2)C1C. The molecule has 4 rings (SSSR count). The number of ether oxygens (including phenoxy) is 2. The first kappa shape index (κ1) is 20.9. The maximum Gasteiger partial charge on any atom is 0.344 e. The molecule has 0 saturated heterocycles. The number of benzene rings is 2. The quantitative estimate of drug-likeness (QED) is 0.309. The van der Waals surface area contributed by atoms with Crippen LogP contribution in [0.1, 0.15) is 32.3 Å². The summed E-state index contributed by atoms with van der Waals surface area (Å²) in [5.74, 6) is 0.273. The van der Waals surface area contributed by atoms with E-state index in [1.54, 1.807) is 6.07 Å². The third kappa shape index (κ3) is 4.26. The van der Waals surface area contributed by atoms with Crippen molar-refractivity contribution in [3.05, 3.63) is 77.2 Å². The predicted octanol–water partition coefficient (Wildman–Crippen LogP) is 5.30. The zero-order valence-electron chi connectivity index (χ0n) is 17.8. The molecule has 160 valence electrons. The molecule has 1 saturated carbocycles. The summed E-state index contributed by atoms with van der Waals surface area (Å²) in [6, 6.07) is 15.3. The van der Waals surface area contributed by atoms with Gasteiger partial charge in [0, 0.05) is 23.4 Å². The molecule has 5 heteroatoms. The Morgan fingerprint density at radius 1 is 1.13 bits per heavy atom. The van der Waals surface area contributed by atoms with Gasteiger partial charge in [0.25, 0.3) is 0 Å². The molecule has 1 heterocycles. The minimum Gasteiger partial charge on any atom is -0.490 e. The lowest BCUT2D eigenvalue weighted by atomic mass is 9.98. The van der Waals surface area contributed by atoms with Gasteiger partial charge in [0.2, 0.25) is 0 Å². The van der Waals surface area contributed by atoms with Gasteiger partial charge in [0.15, 0.2) is 0 Å². The van der Waals surface area contributed by atoms with Gasteiger partial charge in [-0.1, -0.05) is 44.7 Å². The molecule has 1 aromatic heterocycles. The average molecular weight is 418 g/mol. The van der Waals surface area contributed by atoms with Gasteiger partial charge >= 0.3 is 11.6 Å². The molecule has 1 aliphatic carbocycles. The summed E-state index contributed by atoms with van der Waals surface area (Å²) in [6.45, 7) is 7.52. The van der Waals surface area contributed by atoms with E-state index in [1.807, 2.05) is 49.4 Å². The molecule has 3 aromatic rings. The van der Waals surface area contributed by atoms with Crippen molar-refractivity contribution >= 4 is 16.9 Å². The highest BCUT2D eigenvalue weighted by Gasteiger charge is 2.36. The molecule has 2 aromatic carbocycles. The number of hydrogen-bond acceptors (Lipinski definition) is 5. The molecular weight excluding hydrogens is 392 g/mol. The largest absolute Gasteiger partial charge is 0.490 e. The lowest BCUT2D eigenvalue weighted by Gasteiger charge is -2.21. The van der Waals surface area contributed by atoms with E-state index < -0.39 is 5.97 Å². The van der Waals surface area contributed by atoms with Gasteiger partial charge in [-0.15, -0.1) is 0 Å². The smallest absolute Gasteiger partial charge is 0.344 e. The van der Waals surface area contributed by atoms with Crippen molar-refractivity contribution in [3.63, 3.8) is 0 Å². The predicted molar refractivity (Wildman–Crippen MR) is 120 cm³/mol. The summed E-state index contributed by atoms with van der Waals surface area (Å²) in [5.41, 5.74) is 2.70. The van der Waals surface area contributed by atoms with Crippen LogP contribution in [0.3, 0.4) is 0 Å². The van der Waals surface area contributed by atoms with Crippen molar-refractivity contribution in [3.8, 4) is 16.9 Å². The van der Waals surface area contributed by atoms with Crippen LogP contribution in [-0.2, 0) is 16.0 Å². The van der Waals surface area contributed by atoms with Crippen LogP contribution in [0, 0.1) is 5.92 Å². The van der Waals surface area contributed by atoms with Gasteiger partial charge in [0.05, 0.1) is 5.56 Å². The minimum absolute atomic E-state index is 0.0551. The van der Waals surface area contributed by atoms with E-state index in [4.69, 9.17) is 13.9 Å². The first-order valence-electron chi connectivity index (χ1n) is 10.7. The Morgan fingerprint density at radius 2 is 1.90 bits per heavy atom. The first-order valence-corrected chi connectivity index (χ1v) is 10.7. The number of fused-ring (bicyclic) bond motifs is 1. The second-order valence-electron chi connectivity index (χ2n) is 7.93. The number of carbonyl (C=O) groups excluding carboxylic acids is 1. The molecule has 1 aliphatic rings. The zero-order chi connectivity index (χ0) is 22.0. The van der Waals surface area contributed by atoms with Crippen LogP contribution < -0.4 is 10.4 Å². The Morgan fingerprint density at radius 3 is 2.68 bits per heavy atom. The van der Waals surface area contributed by atoms with E-state index in [1.165, 1.54) is 6.08 Å². The van der Waals surface area contributed by atoms with Gasteiger partial charge in [-0.25, -0.2) is 9.59 Å². The molecule has 31 heavy (non-hydrogen) atoms. The van der Waals surface area contributed by atoms with Crippen LogP contribution in [-0.4, -0.2) is 18.2 Å². The second kappa shape index (κ2) is 8.80. The molecule has 3 atom stereocenters. The normalized spacial score (nSPS) is 20.5. The Labute approximate surface area is 181 Å². The first-order chi connectivity index (χ1) is 15.0. The Bertz CT molecular complexity index is 1180. The maximum absolute atomic E-state index is 12.7. The van der Waals surface area contributed by atoms with Crippen LogP contribution in [0.4, 0.5) is 0 Å². The standard InChI is InChI=1S/C26H26O5/c1-4-17-8-6-7-9-20(17)21-14-18-10-11-19(15-24(18)31-26(21)28)29-22-12-13-23(16(22)3)30-25(27)5-2/h5-11,14-16,22-23H,2,4,12-13H2,1,3H3. The fourth-order valence-electron chi connectivity index (χ4n) is 4.24. The summed E-state index contributed by atoms with van der Waals surface area (Å²) >= 11 is 0. The molecule has 0 radical (unpaired) electrons. The van der Waals surface area contributed by atoms with Crippen molar-refractivity contribution in [2.24, 2.45) is 5.92 Å². The lowest BCUT2D eigenvalue weighted by Crippen LogP contribution is -2.27. The van der Waals surface area contributed by atoms with Crippen LogP contribution in [0.15, 0.2) is 70.4 Å². The molecular formula is C26H26O5. The highest BCUT2D eigenvalue weighted by atomic mass is 16.5. The Hall–Kier alpha value is -3.34. The molecule has 0 spiro atoms. The molecule has 0 N–H and O–H groups in total. The summed E-state index contributed by atoms with van der Waals surface area (Å²) in [7, 11) is 0. The third-order valence-corrected chi connectivity index (χ3v) is 6.03. The molecule has 0 bridgehead atoms. The monoisotopic (exact) mass is 418 g/mol. The fraction of sp³-hybridized carbons (Fsp3) is 0.308. The van der Waals surface area contributed by atoms with Crippen molar-refractivity contribution in [2.45, 2.75) is 45.3 Å². The van der Waals surface area contributed by atoms with Gasteiger partial charge in [-0.05, 0) is 48.6 Å². The summed E-state index contributed by atoms with van der Waals surface area (Å²) in [6.07, 6.45) is 3.28. The molecule has 0 amide bonds. The van der Waals surface area contributed by atoms with E-state index in [0.29, 0.717) is 16.9 Å². The van der Waals surface area contributed by atoms with E-state index in [-0.39, 0.29) is 23.8 Å². The van der Waals surface area contributed by atoms with Crippen molar-refractivity contribution < 1.29 is 18.7 Å². The number of hydrogen-bond donors (Lipinski definition) is 0. The second-order valence-corrected chi connectivity index (χ2v) is 7.93. The number of carbonyl (C=O) groups is 1. The molecule has 0 aliphatic heterocycles. The summed E-state index contributed by atoms with van der Waals surface area (Å²) in [4.78, 5) is 24.2. The van der Waals surface area contributed by atoms with Crippen LogP contribution >= 0.6 is 0 Å². The van der Waals surface area contributed by atoms with E-state index in [2.05, 4.69) is 13.5 Å². The number of aryl methyl sites for hydroxylation is 1. The van der Waals surface area contributed by atoms with Gasteiger partial charge < -0.3 is 13.9 Å². The lowest BCUT2D eigenvalue weighted by molar-refractivity contribution is -0.144. The molecule has 5 nitrogen and oxygen atoms in total. The zero-order valence-corrected chi connectivity index (χ0v) is 17.8. The fourth-order valence-corrected chi connectivity index (χ4v) is 4.24. The Kier molecular flexibility index (Phi) is 5.94. The van der Waals surface area contributed by atoms with E-state index >= 15 is 0 Å². The third-order valence-electron chi connectivity index (χ3n) is 6.03. The summed E-state index contributed by atoms with van der Waals surface area (Å²) in [5, 5.41) is 0.838. The van der Waals surface area contributed by atoms with Crippen LogP contribution in [0.2, 0.25) is 0 Å². The van der Waals surface area contributed by atoms with Gasteiger partial charge in [-0.2, -0.15) is 0 Å². The maximum atomic E-state index is 12.7. The highest BCUT2D eigenvalue weighted by Crippen LogP contribution is 2.33. The van der Waals surface area contributed by atoms with E-state index in [0.717, 1.165) is 35.8 Å². The van der Waals surface area contributed by atoms with E-state index in [9.17, 15) is 9.59 Å². The highest BCUT2D eigenvalue weighted by molar-refractivity contribution is 5.83. The topological polar surface area (TPSA) is 65.7 Å².